The van der Waals surface area contributed by atoms with E-state index in [0.717, 1.165) is 18.9 Å². The normalized spacial score (nSPS) is 16.0. The Labute approximate surface area is 152 Å². The molecule has 1 heterocycles. The molecule has 1 amide bonds. The predicted molar refractivity (Wildman–Crippen MR) is 99.0 cm³/mol. The van der Waals surface area contributed by atoms with Gasteiger partial charge in [-0.15, -0.1) is 0 Å². The molecule has 1 N–H and O–H groups in total. The van der Waals surface area contributed by atoms with Crippen LogP contribution < -0.4 is 14.8 Å². The number of halogens is 1. The minimum atomic E-state index is -0.105. The van der Waals surface area contributed by atoms with Crippen LogP contribution in [0.25, 0.3) is 0 Å². The summed E-state index contributed by atoms with van der Waals surface area (Å²) in [4.78, 5) is 14.8. The first-order chi connectivity index (χ1) is 11.5. The molecule has 0 saturated carbocycles. The van der Waals surface area contributed by atoms with E-state index in [-0.39, 0.29) is 5.91 Å². The quantitative estimate of drug-likeness (QED) is 0.715. The van der Waals surface area contributed by atoms with Crippen LogP contribution in [0.1, 0.15) is 36.5 Å². The van der Waals surface area contributed by atoms with Crippen LogP contribution >= 0.6 is 15.9 Å². The molecule has 1 aliphatic rings. The minimum Gasteiger partial charge on any atom is -0.495 e. The molecule has 0 atom stereocenters. The Balaban J connectivity index is 1.82. The average Bonchev–Trinajstić information content (AvgIpc) is 2.60. The van der Waals surface area contributed by atoms with Gasteiger partial charge in [0.1, 0.15) is 16.0 Å². The number of amides is 1. The number of rotatable bonds is 7. The van der Waals surface area contributed by atoms with Gasteiger partial charge in [0.25, 0.3) is 5.91 Å². The molecule has 1 saturated heterocycles. The zero-order chi connectivity index (χ0) is 17.5. The fraction of sp³-hybridized carbons (Fsp3) is 0.611. The molecule has 0 aliphatic carbocycles. The number of ether oxygens (including phenoxy) is 2. The van der Waals surface area contributed by atoms with E-state index in [0.29, 0.717) is 28.1 Å². The highest BCUT2D eigenvalue weighted by molar-refractivity contribution is 9.10. The van der Waals surface area contributed by atoms with Gasteiger partial charge in [-0.3, -0.25) is 4.79 Å². The Hall–Kier alpha value is -1.27. The molecule has 24 heavy (non-hydrogen) atoms. The highest BCUT2D eigenvalue weighted by Crippen LogP contribution is 2.35. The molecular formula is C18H27BrN2O3. The van der Waals surface area contributed by atoms with Crippen LogP contribution in [-0.2, 0) is 0 Å². The number of benzene rings is 1. The van der Waals surface area contributed by atoms with Gasteiger partial charge in [0.05, 0.1) is 14.2 Å². The van der Waals surface area contributed by atoms with Gasteiger partial charge in [-0.2, -0.15) is 0 Å². The summed E-state index contributed by atoms with van der Waals surface area (Å²) in [6.07, 6.45) is 3.53. The Kier molecular flexibility index (Phi) is 7.37. The van der Waals surface area contributed by atoms with E-state index in [1.807, 2.05) is 0 Å². The maximum absolute atomic E-state index is 12.3. The first-order valence-corrected chi connectivity index (χ1v) is 9.26. The van der Waals surface area contributed by atoms with E-state index in [1.54, 1.807) is 26.4 Å². The van der Waals surface area contributed by atoms with E-state index in [1.165, 1.54) is 25.9 Å². The van der Waals surface area contributed by atoms with Crippen LogP contribution in [0, 0.1) is 5.92 Å². The number of hydrogen-bond donors (Lipinski definition) is 1. The Morgan fingerprint density at radius 1 is 1.25 bits per heavy atom. The van der Waals surface area contributed by atoms with Crippen LogP contribution in [0.4, 0.5) is 0 Å². The third kappa shape index (κ3) is 5.11. The summed E-state index contributed by atoms with van der Waals surface area (Å²) >= 11 is 3.41. The van der Waals surface area contributed by atoms with Gasteiger partial charge in [-0.25, -0.2) is 0 Å². The molecule has 1 aromatic rings. The number of methoxy groups -OCH3 is 2. The molecule has 1 aromatic carbocycles. The van der Waals surface area contributed by atoms with Gasteiger partial charge in [0.2, 0.25) is 0 Å². The zero-order valence-corrected chi connectivity index (χ0v) is 16.3. The fourth-order valence-corrected chi connectivity index (χ4v) is 3.45. The topological polar surface area (TPSA) is 50.8 Å². The smallest absolute Gasteiger partial charge is 0.251 e. The minimum absolute atomic E-state index is 0.105. The van der Waals surface area contributed by atoms with Crippen molar-refractivity contribution >= 4 is 21.8 Å². The van der Waals surface area contributed by atoms with Crippen molar-refractivity contribution in [2.45, 2.75) is 26.2 Å². The molecule has 2 rings (SSSR count). The second-order valence-electron chi connectivity index (χ2n) is 6.33. The molecule has 0 spiro atoms. The van der Waals surface area contributed by atoms with Crippen molar-refractivity contribution < 1.29 is 14.3 Å². The second-order valence-corrected chi connectivity index (χ2v) is 7.12. The van der Waals surface area contributed by atoms with Gasteiger partial charge in [-0.1, -0.05) is 6.92 Å². The molecule has 0 bridgehead atoms. The predicted octanol–water partition coefficient (Wildman–Crippen LogP) is 3.32. The molecule has 134 valence electrons. The second kappa shape index (κ2) is 9.28. The summed E-state index contributed by atoms with van der Waals surface area (Å²) in [6, 6.07) is 3.43. The van der Waals surface area contributed by atoms with E-state index in [9.17, 15) is 4.79 Å². The summed E-state index contributed by atoms with van der Waals surface area (Å²) in [5, 5.41) is 2.98. The number of carbonyl (C=O) groups is 1. The van der Waals surface area contributed by atoms with E-state index in [4.69, 9.17) is 9.47 Å². The van der Waals surface area contributed by atoms with E-state index < -0.39 is 0 Å². The van der Waals surface area contributed by atoms with Gasteiger partial charge in [0, 0.05) is 12.1 Å². The number of nitrogens with zero attached hydrogens (tertiary/aromatic N) is 1. The van der Waals surface area contributed by atoms with Crippen molar-refractivity contribution in [1.82, 2.24) is 10.2 Å². The molecule has 0 aromatic heterocycles. The van der Waals surface area contributed by atoms with Crippen molar-refractivity contribution in [3.8, 4) is 11.5 Å². The van der Waals surface area contributed by atoms with Crippen molar-refractivity contribution in [2.24, 2.45) is 5.92 Å². The fourth-order valence-electron chi connectivity index (χ4n) is 2.89. The van der Waals surface area contributed by atoms with Crippen molar-refractivity contribution in [3.05, 3.63) is 22.2 Å². The van der Waals surface area contributed by atoms with Crippen molar-refractivity contribution in [2.75, 3.05) is 40.4 Å². The highest BCUT2D eigenvalue weighted by atomic mass is 79.9. The van der Waals surface area contributed by atoms with Crippen molar-refractivity contribution in [1.29, 1.82) is 0 Å². The van der Waals surface area contributed by atoms with Crippen molar-refractivity contribution in [3.63, 3.8) is 0 Å². The van der Waals surface area contributed by atoms with Gasteiger partial charge in [0.15, 0.2) is 0 Å². The third-order valence-corrected chi connectivity index (χ3v) is 5.30. The molecule has 1 aliphatic heterocycles. The number of likely N-dealkylation sites (tertiary alicyclic amines) is 1. The zero-order valence-electron chi connectivity index (χ0n) is 14.7. The molecule has 0 radical (unpaired) electrons. The highest BCUT2D eigenvalue weighted by Gasteiger charge is 2.16. The maximum Gasteiger partial charge on any atom is 0.251 e. The number of carbonyl (C=O) groups excluding carboxylic acids is 1. The third-order valence-electron chi connectivity index (χ3n) is 4.52. The molecule has 5 nitrogen and oxygen atoms in total. The lowest BCUT2D eigenvalue weighted by atomic mass is 9.99. The lowest BCUT2D eigenvalue weighted by molar-refractivity contribution is 0.0950. The molecule has 6 heteroatoms. The van der Waals surface area contributed by atoms with Crippen LogP contribution in [0.15, 0.2) is 16.6 Å². The molecule has 0 unspecified atom stereocenters. The Morgan fingerprint density at radius 2 is 1.83 bits per heavy atom. The summed E-state index contributed by atoms with van der Waals surface area (Å²) in [7, 11) is 3.14. The average molecular weight is 399 g/mol. The van der Waals surface area contributed by atoms with Crippen LogP contribution in [0.3, 0.4) is 0 Å². The number of piperidine rings is 1. The SMILES string of the molecule is COc1cc(C(=O)NCCCN2CCC(C)CC2)cc(OC)c1Br. The van der Waals surface area contributed by atoms with E-state index >= 15 is 0 Å². The van der Waals surface area contributed by atoms with Gasteiger partial charge < -0.3 is 19.7 Å². The number of nitrogens with one attached hydrogen (secondary N) is 1. The summed E-state index contributed by atoms with van der Waals surface area (Å²) in [5.41, 5.74) is 0.540. The Bertz CT molecular complexity index is 532. The Morgan fingerprint density at radius 3 is 2.38 bits per heavy atom. The summed E-state index contributed by atoms with van der Waals surface area (Å²) in [6.45, 7) is 6.39. The molecular weight excluding hydrogens is 372 g/mol. The van der Waals surface area contributed by atoms with Gasteiger partial charge in [-0.05, 0) is 72.9 Å². The van der Waals surface area contributed by atoms with Gasteiger partial charge >= 0.3 is 0 Å². The number of hydrogen-bond acceptors (Lipinski definition) is 4. The first kappa shape index (κ1) is 19.1. The standard InChI is InChI=1S/C18H27BrN2O3/c1-13-5-9-21(10-6-13)8-4-7-20-18(22)14-11-15(23-2)17(19)16(12-14)24-3/h11-13H,4-10H2,1-3H3,(H,20,22). The first-order valence-electron chi connectivity index (χ1n) is 8.47. The van der Waals surface area contributed by atoms with Crippen LogP contribution in [-0.4, -0.2) is 51.2 Å². The summed E-state index contributed by atoms with van der Waals surface area (Å²) < 4.78 is 11.3. The van der Waals surface area contributed by atoms with Crippen LogP contribution in [0.5, 0.6) is 11.5 Å². The van der Waals surface area contributed by atoms with E-state index in [2.05, 4.69) is 33.1 Å². The molecule has 1 fully saturated rings. The lowest BCUT2D eigenvalue weighted by Gasteiger charge is -2.30. The maximum atomic E-state index is 12.3. The summed E-state index contributed by atoms with van der Waals surface area (Å²) in [5.74, 6) is 1.92. The lowest BCUT2D eigenvalue weighted by Crippen LogP contribution is -2.35. The monoisotopic (exact) mass is 398 g/mol. The largest absolute Gasteiger partial charge is 0.495 e. The van der Waals surface area contributed by atoms with Crippen LogP contribution in [0.2, 0.25) is 0 Å².